The second-order valence-electron chi connectivity index (χ2n) is 5.24. The summed E-state index contributed by atoms with van der Waals surface area (Å²) in [6, 6.07) is 8.54. The zero-order chi connectivity index (χ0) is 15.4. The molecular weight excluding hydrogens is 370 g/mol. The van der Waals surface area contributed by atoms with Gasteiger partial charge in [-0.1, -0.05) is 41.4 Å². The third kappa shape index (κ3) is 4.99. The number of aryl methyl sites for hydroxylation is 1. The molecule has 5 heteroatoms. The summed E-state index contributed by atoms with van der Waals surface area (Å²) in [6.07, 6.45) is 0. The van der Waals surface area contributed by atoms with E-state index in [4.69, 9.17) is 16.3 Å². The molecule has 0 bridgehead atoms. The lowest BCUT2D eigenvalue weighted by Gasteiger charge is -2.16. The Kier molecular flexibility index (Phi) is 6.11. The SMILES string of the molecule is Cc1cc(Br)cc(CNC(C)C)c1OCc1ccc(Cl)s1. The molecule has 114 valence electrons. The van der Waals surface area contributed by atoms with Crippen LogP contribution in [0.4, 0.5) is 0 Å². The number of halogens is 2. The molecule has 0 saturated carbocycles. The normalized spacial score (nSPS) is 11.1. The topological polar surface area (TPSA) is 21.3 Å². The molecule has 2 rings (SSSR count). The van der Waals surface area contributed by atoms with Crippen LogP contribution in [-0.2, 0) is 13.2 Å². The molecule has 1 aromatic heterocycles. The number of hydrogen-bond acceptors (Lipinski definition) is 3. The van der Waals surface area contributed by atoms with Crippen LogP contribution in [0.3, 0.4) is 0 Å². The van der Waals surface area contributed by atoms with Crippen molar-refractivity contribution in [3.05, 3.63) is 49.1 Å². The minimum Gasteiger partial charge on any atom is -0.487 e. The number of thiophene rings is 1. The van der Waals surface area contributed by atoms with Crippen LogP contribution in [0.25, 0.3) is 0 Å². The number of rotatable bonds is 6. The molecule has 2 aromatic rings. The van der Waals surface area contributed by atoms with E-state index in [1.54, 1.807) is 11.3 Å². The van der Waals surface area contributed by atoms with Crippen LogP contribution in [0.2, 0.25) is 4.34 Å². The first-order chi connectivity index (χ1) is 9.95. The summed E-state index contributed by atoms with van der Waals surface area (Å²) >= 11 is 11.1. The molecule has 1 heterocycles. The summed E-state index contributed by atoms with van der Waals surface area (Å²) in [7, 11) is 0. The lowest BCUT2D eigenvalue weighted by Crippen LogP contribution is -2.22. The van der Waals surface area contributed by atoms with Gasteiger partial charge in [-0.25, -0.2) is 0 Å². The molecule has 21 heavy (non-hydrogen) atoms. The molecule has 0 spiro atoms. The first-order valence-corrected chi connectivity index (χ1v) is 8.84. The van der Waals surface area contributed by atoms with Gasteiger partial charge in [-0.15, -0.1) is 11.3 Å². The van der Waals surface area contributed by atoms with Gasteiger partial charge in [0.25, 0.3) is 0 Å². The van der Waals surface area contributed by atoms with E-state index < -0.39 is 0 Å². The second-order valence-corrected chi connectivity index (χ2v) is 7.96. The van der Waals surface area contributed by atoms with Gasteiger partial charge < -0.3 is 10.1 Å². The summed E-state index contributed by atoms with van der Waals surface area (Å²) in [4.78, 5) is 1.13. The van der Waals surface area contributed by atoms with Gasteiger partial charge in [0.05, 0.1) is 4.34 Å². The van der Waals surface area contributed by atoms with Crippen LogP contribution in [0.15, 0.2) is 28.7 Å². The molecule has 0 fully saturated rings. The van der Waals surface area contributed by atoms with Crippen molar-refractivity contribution in [3.8, 4) is 5.75 Å². The highest BCUT2D eigenvalue weighted by Gasteiger charge is 2.10. The second kappa shape index (κ2) is 7.63. The van der Waals surface area contributed by atoms with Crippen LogP contribution in [0, 0.1) is 6.92 Å². The van der Waals surface area contributed by atoms with Crippen molar-refractivity contribution in [2.24, 2.45) is 0 Å². The number of hydrogen-bond donors (Lipinski definition) is 1. The Morgan fingerprint density at radius 1 is 1.33 bits per heavy atom. The van der Waals surface area contributed by atoms with Crippen LogP contribution in [0.1, 0.15) is 29.9 Å². The summed E-state index contributed by atoms with van der Waals surface area (Å²) in [5.74, 6) is 0.955. The molecule has 0 aliphatic heterocycles. The Bertz CT molecular complexity index is 612. The van der Waals surface area contributed by atoms with E-state index in [0.29, 0.717) is 12.6 Å². The van der Waals surface area contributed by atoms with Crippen molar-refractivity contribution in [2.45, 2.75) is 40.0 Å². The minimum absolute atomic E-state index is 0.438. The standard InChI is InChI=1S/C16H19BrClNOS/c1-10(2)19-8-12-7-13(17)6-11(3)16(12)20-9-14-4-5-15(18)21-14/h4-7,10,19H,8-9H2,1-3H3. The van der Waals surface area contributed by atoms with Gasteiger partial charge in [-0.2, -0.15) is 0 Å². The van der Waals surface area contributed by atoms with Crippen LogP contribution in [-0.4, -0.2) is 6.04 Å². The van der Waals surface area contributed by atoms with E-state index in [-0.39, 0.29) is 0 Å². The van der Waals surface area contributed by atoms with E-state index in [0.717, 1.165) is 31.5 Å². The highest BCUT2D eigenvalue weighted by atomic mass is 79.9. The largest absolute Gasteiger partial charge is 0.487 e. The van der Waals surface area contributed by atoms with Gasteiger partial charge in [0.1, 0.15) is 12.4 Å². The van der Waals surface area contributed by atoms with Gasteiger partial charge in [0.15, 0.2) is 0 Å². The number of nitrogens with one attached hydrogen (secondary N) is 1. The van der Waals surface area contributed by atoms with Crippen LogP contribution >= 0.6 is 38.9 Å². The van der Waals surface area contributed by atoms with Crippen molar-refractivity contribution < 1.29 is 4.74 Å². The van der Waals surface area contributed by atoms with Crippen LogP contribution < -0.4 is 10.1 Å². The predicted octanol–water partition coefficient (Wildman–Crippen LogP) is 5.55. The first-order valence-electron chi connectivity index (χ1n) is 6.85. The van der Waals surface area contributed by atoms with Gasteiger partial charge in [-0.3, -0.25) is 0 Å². The van der Waals surface area contributed by atoms with Gasteiger partial charge in [0, 0.05) is 27.5 Å². The molecule has 0 saturated heterocycles. The Morgan fingerprint density at radius 2 is 2.10 bits per heavy atom. The summed E-state index contributed by atoms with van der Waals surface area (Å²) < 4.78 is 7.92. The van der Waals surface area contributed by atoms with Crippen LogP contribution in [0.5, 0.6) is 5.75 Å². The van der Waals surface area contributed by atoms with Crippen molar-refractivity contribution in [2.75, 3.05) is 0 Å². The molecule has 0 unspecified atom stereocenters. The third-order valence-electron chi connectivity index (χ3n) is 3.00. The maximum atomic E-state index is 6.05. The summed E-state index contributed by atoms with van der Waals surface area (Å²) in [5.41, 5.74) is 2.30. The highest BCUT2D eigenvalue weighted by molar-refractivity contribution is 9.10. The van der Waals surface area contributed by atoms with Crippen molar-refractivity contribution in [1.82, 2.24) is 5.32 Å². The zero-order valence-corrected chi connectivity index (χ0v) is 15.5. The van der Waals surface area contributed by atoms with Gasteiger partial charge >= 0.3 is 0 Å². The molecule has 2 nitrogen and oxygen atoms in total. The Morgan fingerprint density at radius 3 is 2.71 bits per heavy atom. The number of benzene rings is 1. The smallest absolute Gasteiger partial charge is 0.127 e. The van der Waals surface area contributed by atoms with E-state index in [1.807, 2.05) is 12.1 Å². The molecule has 0 atom stereocenters. The van der Waals surface area contributed by atoms with E-state index in [9.17, 15) is 0 Å². The lowest BCUT2D eigenvalue weighted by molar-refractivity contribution is 0.303. The van der Waals surface area contributed by atoms with Gasteiger partial charge in [-0.05, 0) is 36.8 Å². The average Bonchev–Trinajstić information content (AvgIpc) is 2.80. The highest BCUT2D eigenvalue weighted by Crippen LogP contribution is 2.30. The van der Waals surface area contributed by atoms with E-state index in [1.165, 1.54) is 5.56 Å². The Hall–Kier alpha value is -0.550. The predicted molar refractivity (Wildman–Crippen MR) is 94.5 cm³/mol. The minimum atomic E-state index is 0.438. The fourth-order valence-corrected chi connectivity index (χ4v) is 3.64. The first kappa shape index (κ1) is 16.8. The quantitative estimate of drug-likeness (QED) is 0.700. The van der Waals surface area contributed by atoms with Crippen molar-refractivity contribution >= 4 is 38.9 Å². The summed E-state index contributed by atoms with van der Waals surface area (Å²) in [6.45, 7) is 7.69. The molecule has 1 N–H and O–H groups in total. The van der Waals surface area contributed by atoms with Crippen molar-refractivity contribution in [3.63, 3.8) is 0 Å². The molecule has 0 aliphatic carbocycles. The van der Waals surface area contributed by atoms with E-state index >= 15 is 0 Å². The van der Waals surface area contributed by atoms with Gasteiger partial charge in [0.2, 0.25) is 0 Å². The molecule has 0 aliphatic rings. The third-order valence-corrected chi connectivity index (χ3v) is 4.67. The van der Waals surface area contributed by atoms with Crippen molar-refractivity contribution in [1.29, 1.82) is 0 Å². The number of ether oxygens (including phenoxy) is 1. The fraction of sp³-hybridized carbons (Fsp3) is 0.375. The van der Waals surface area contributed by atoms with E-state index in [2.05, 4.69) is 54.2 Å². The lowest BCUT2D eigenvalue weighted by atomic mass is 10.1. The maximum Gasteiger partial charge on any atom is 0.127 e. The monoisotopic (exact) mass is 387 g/mol. The molecule has 1 aromatic carbocycles. The zero-order valence-electron chi connectivity index (χ0n) is 12.4. The molecular formula is C16H19BrClNOS. The Balaban J connectivity index is 2.15. The average molecular weight is 389 g/mol. The fourth-order valence-electron chi connectivity index (χ4n) is 2.02. The Labute approximate surface area is 143 Å². The molecule has 0 amide bonds. The summed E-state index contributed by atoms with van der Waals surface area (Å²) in [5, 5.41) is 3.44. The molecule has 0 radical (unpaired) electrons. The maximum absolute atomic E-state index is 6.05.